The minimum Gasteiger partial charge on any atom is -0.298 e. The third-order valence-corrected chi connectivity index (χ3v) is 2.66. The van der Waals surface area contributed by atoms with Crippen molar-refractivity contribution < 1.29 is 4.79 Å². The zero-order valence-electron chi connectivity index (χ0n) is 10.1. The molecule has 0 saturated carbocycles. The van der Waals surface area contributed by atoms with E-state index in [-0.39, 0.29) is 5.41 Å². The normalized spacial score (nSPS) is 11.5. The monoisotopic (exact) mass is 204 g/mol. The molecule has 0 N–H and O–H groups in total. The molecule has 0 bridgehead atoms. The van der Waals surface area contributed by atoms with E-state index in [2.05, 4.69) is 39.8 Å². The fraction of sp³-hybridized carbons (Fsp3) is 0.500. The van der Waals surface area contributed by atoms with Crippen LogP contribution >= 0.6 is 0 Å². The topological polar surface area (TPSA) is 17.1 Å². The Hall–Kier alpha value is -1.11. The molecule has 0 spiro atoms. The Morgan fingerprint density at radius 3 is 2.40 bits per heavy atom. The number of hydrogen-bond acceptors (Lipinski definition) is 1. The number of carbonyl (C=O) groups is 1. The van der Waals surface area contributed by atoms with Crippen molar-refractivity contribution in [1.82, 2.24) is 0 Å². The molecular formula is C14H20O. The predicted octanol–water partition coefficient (Wildman–Crippen LogP) is 3.75. The van der Waals surface area contributed by atoms with Gasteiger partial charge in [-0.05, 0) is 23.0 Å². The van der Waals surface area contributed by atoms with Crippen LogP contribution in [0.25, 0.3) is 0 Å². The van der Waals surface area contributed by atoms with Gasteiger partial charge in [0.05, 0.1) is 0 Å². The molecule has 0 saturated heterocycles. The van der Waals surface area contributed by atoms with Crippen molar-refractivity contribution >= 4 is 6.29 Å². The van der Waals surface area contributed by atoms with E-state index in [9.17, 15) is 4.79 Å². The summed E-state index contributed by atoms with van der Waals surface area (Å²) >= 11 is 0. The van der Waals surface area contributed by atoms with E-state index in [1.165, 1.54) is 11.1 Å². The van der Waals surface area contributed by atoms with Gasteiger partial charge in [0.15, 0.2) is 0 Å². The van der Waals surface area contributed by atoms with Gasteiger partial charge in [0.25, 0.3) is 0 Å². The van der Waals surface area contributed by atoms with Gasteiger partial charge in [0.2, 0.25) is 0 Å². The van der Waals surface area contributed by atoms with Crippen LogP contribution in [0.15, 0.2) is 18.2 Å². The van der Waals surface area contributed by atoms with Gasteiger partial charge >= 0.3 is 0 Å². The third kappa shape index (κ3) is 2.92. The SMILES string of the molecule is CCCc1cc(C(C)(C)C)ccc1C=O. The van der Waals surface area contributed by atoms with Crippen molar-refractivity contribution in [3.63, 3.8) is 0 Å². The largest absolute Gasteiger partial charge is 0.298 e. The van der Waals surface area contributed by atoms with Gasteiger partial charge < -0.3 is 0 Å². The van der Waals surface area contributed by atoms with Gasteiger partial charge in [0, 0.05) is 5.56 Å². The number of benzene rings is 1. The molecule has 0 aliphatic rings. The summed E-state index contributed by atoms with van der Waals surface area (Å²) in [6.07, 6.45) is 3.02. The highest BCUT2D eigenvalue weighted by atomic mass is 16.1. The van der Waals surface area contributed by atoms with Gasteiger partial charge in [-0.15, -0.1) is 0 Å². The summed E-state index contributed by atoms with van der Waals surface area (Å²) in [5.74, 6) is 0. The fourth-order valence-electron chi connectivity index (χ4n) is 1.67. The lowest BCUT2D eigenvalue weighted by Gasteiger charge is -2.20. The molecule has 0 unspecified atom stereocenters. The van der Waals surface area contributed by atoms with Crippen LogP contribution in [0.2, 0.25) is 0 Å². The molecule has 15 heavy (non-hydrogen) atoms. The van der Waals surface area contributed by atoms with Gasteiger partial charge in [-0.1, -0.05) is 52.3 Å². The van der Waals surface area contributed by atoms with Crippen molar-refractivity contribution in [3.8, 4) is 0 Å². The van der Waals surface area contributed by atoms with Crippen LogP contribution in [-0.4, -0.2) is 6.29 Å². The summed E-state index contributed by atoms with van der Waals surface area (Å²) in [5.41, 5.74) is 3.48. The first-order valence-corrected chi connectivity index (χ1v) is 5.57. The Morgan fingerprint density at radius 1 is 1.27 bits per heavy atom. The molecule has 1 nitrogen and oxygen atoms in total. The van der Waals surface area contributed by atoms with Crippen molar-refractivity contribution in [2.75, 3.05) is 0 Å². The molecule has 0 aliphatic heterocycles. The fourth-order valence-corrected chi connectivity index (χ4v) is 1.67. The standard InChI is InChI=1S/C14H20O/c1-5-6-11-9-13(14(2,3)4)8-7-12(11)10-15/h7-10H,5-6H2,1-4H3. The summed E-state index contributed by atoms with van der Waals surface area (Å²) in [7, 11) is 0. The zero-order chi connectivity index (χ0) is 11.5. The molecule has 0 aliphatic carbocycles. The van der Waals surface area contributed by atoms with Crippen LogP contribution in [0, 0.1) is 0 Å². The smallest absolute Gasteiger partial charge is 0.150 e. The lowest BCUT2D eigenvalue weighted by atomic mass is 9.85. The van der Waals surface area contributed by atoms with E-state index in [1.54, 1.807) is 0 Å². The number of aldehydes is 1. The zero-order valence-corrected chi connectivity index (χ0v) is 10.1. The molecule has 0 amide bonds. The Kier molecular flexibility index (Phi) is 3.67. The van der Waals surface area contributed by atoms with Gasteiger partial charge in [-0.2, -0.15) is 0 Å². The molecule has 1 rings (SSSR count). The van der Waals surface area contributed by atoms with E-state index < -0.39 is 0 Å². The first kappa shape index (κ1) is 12.0. The second-order valence-corrected chi connectivity index (χ2v) is 5.03. The van der Waals surface area contributed by atoms with Crippen LogP contribution in [0.3, 0.4) is 0 Å². The van der Waals surface area contributed by atoms with Gasteiger partial charge in [0.1, 0.15) is 6.29 Å². The van der Waals surface area contributed by atoms with E-state index in [4.69, 9.17) is 0 Å². The van der Waals surface area contributed by atoms with Crippen LogP contribution in [-0.2, 0) is 11.8 Å². The molecular weight excluding hydrogens is 184 g/mol. The molecule has 82 valence electrons. The van der Waals surface area contributed by atoms with E-state index in [0.29, 0.717) is 0 Å². The predicted molar refractivity (Wildman–Crippen MR) is 64.5 cm³/mol. The Labute approximate surface area is 92.5 Å². The number of aryl methyl sites for hydroxylation is 1. The summed E-state index contributed by atoms with van der Waals surface area (Å²) in [6.45, 7) is 8.72. The maximum atomic E-state index is 10.9. The van der Waals surface area contributed by atoms with Crippen LogP contribution < -0.4 is 0 Å². The summed E-state index contributed by atoms with van der Waals surface area (Å²) < 4.78 is 0. The van der Waals surface area contributed by atoms with Crippen LogP contribution in [0.1, 0.15) is 55.6 Å². The second kappa shape index (κ2) is 4.61. The Balaban J connectivity index is 3.15. The molecule has 0 fully saturated rings. The highest BCUT2D eigenvalue weighted by molar-refractivity contribution is 5.77. The maximum Gasteiger partial charge on any atom is 0.150 e. The van der Waals surface area contributed by atoms with Gasteiger partial charge in [-0.25, -0.2) is 0 Å². The van der Waals surface area contributed by atoms with E-state index >= 15 is 0 Å². The molecule has 0 heterocycles. The molecule has 1 aromatic rings. The van der Waals surface area contributed by atoms with E-state index in [0.717, 1.165) is 24.7 Å². The average molecular weight is 204 g/mol. The lowest BCUT2D eigenvalue weighted by Crippen LogP contribution is -2.12. The van der Waals surface area contributed by atoms with Crippen molar-refractivity contribution in [2.24, 2.45) is 0 Å². The van der Waals surface area contributed by atoms with Gasteiger partial charge in [-0.3, -0.25) is 4.79 Å². The second-order valence-electron chi connectivity index (χ2n) is 5.03. The van der Waals surface area contributed by atoms with Crippen molar-refractivity contribution in [1.29, 1.82) is 0 Å². The molecule has 1 aromatic carbocycles. The van der Waals surface area contributed by atoms with Crippen LogP contribution in [0.4, 0.5) is 0 Å². The summed E-state index contributed by atoms with van der Waals surface area (Å²) in [6, 6.07) is 6.18. The minimum absolute atomic E-state index is 0.157. The maximum absolute atomic E-state index is 10.9. The first-order chi connectivity index (χ1) is 6.99. The van der Waals surface area contributed by atoms with Crippen molar-refractivity contribution in [3.05, 3.63) is 34.9 Å². The highest BCUT2D eigenvalue weighted by Gasteiger charge is 2.14. The molecule has 0 atom stereocenters. The molecule has 0 aromatic heterocycles. The lowest BCUT2D eigenvalue weighted by molar-refractivity contribution is 0.112. The third-order valence-electron chi connectivity index (χ3n) is 2.66. The number of rotatable bonds is 3. The minimum atomic E-state index is 0.157. The Morgan fingerprint density at radius 2 is 1.93 bits per heavy atom. The Bertz CT molecular complexity index is 345. The quantitative estimate of drug-likeness (QED) is 0.685. The number of carbonyl (C=O) groups excluding carboxylic acids is 1. The highest BCUT2D eigenvalue weighted by Crippen LogP contribution is 2.24. The van der Waals surface area contributed by atoms with E-state index in [1.807, 2.05) is 6.07 Å². The first-order valence-electron chi connectivity index (χ1n) is 5.57. The average Bonchev–Trinajstić information content (AvgIpc) is 2.17. The van der Waals surface area contributed by atoms with Crippen LogP contribution in [0.5, 0.6) is 0 Å². The number of hydrogen-bond donors (Lipinski definition) is 0. The molecule has 0 radical (unpaired) electrons. The summed E-state index contributed by atoms with van der Waals surface area (Å²) in [5, 5.41) is 0. The van der Waals surface area contributed by atoms with Crippen molar-refractivity contribution in [2.45, 2.75) is 46.0 Å². The summed E-state index contributed by atoms with van der Waals surface area (Å²) in [4.78, 5) is 10.9. The molecule has 1 heteroatoms.